The Bertz CT molecular complexity index is 833. The zero-order valence-electron chi connectivity index (χ0n) is 13.3. The fourth-order valence-electron chi connectivity index (χ4n) is 2.96. The molecule has 1 aliphatic heterocycles. The fourth-order valence-corrected chi connectivity index (χ4v) is 3.83. The molecule has 1 aliphatic rings. The van der Waals surface area contributed by atoms with E-state index in [4.69, 9.17) is 0 Å². The highest BCUT2D eigenvalue weighted by molar-refractivity contribution is 7.88. The number of aryl methyl sites for hydroxylation is 1. The number of nitrogens with one attached hydrogen (secondary N) is 2. The zero-order chi connectivity index (χ0) is 16.6. The molecule has 0 spiro atoms. The molecule has 0 saturated carbocycles. The van der Waals surface area contributed by atoms with Crippen molar-refractivity contribution in [3.8, 4) is 0 Å². The van der Waals surface area contributed by atoms with Crippen molar-refractivity contribution >= 4 is 26.8 Å². The molecule has 0 bridgehead atoms. The summed E-state index contributed by atoms with van der Waals surface area (Å²) in [6.07, 6.45) is 2.49. The number of hydrogen-bond acceptors (Lipinski definition) is 3. The summed E-state index contributed by atoms with van der Waals surface area (Å²) in [6.45, 7) is 2.92. The summed E-state index contributed by atoms with van der Waals surface area (Å²) in [4.78, 5) is 15.5. The second kappa shape index (κ2) is 5.98. The number of sulfonamides is 1. The van der Waals surface area contributed by atoms with E-state index in [1.807, 2.05) is 31.2 Å². The highest BCUT2D eigenvalue weighted by atomic mass is 32.2. The summed E-state index contributed by atoms with van der Waals surface area (Å²) in [5.41, 5.74) is 2.62. The van der Waals surface area contributed by atoms with Crippen LogP contribution in [-0.4, -0.2) is 49.0 Å². The van der Waals surface area contributed by atoms with Crippen LogP contribution < -0.4 is 5.32 Å². The Morgan fingerprint density at radius 3 is 2.61 bits per heavy atom. The Morgan fingerprint density at radius 2 is 1.96 bits per heavy atom. The monoisotopic (exact) mass is 335 g/mol. The van der Waals surface area contributed by atoms with E-state index >= 15 is 0 Å². The molecule has 7 heteroatoms. The largest absolute Gasteiger partial charge is 0.351 e. The van der Waals surface area contributed by atoms with Gasteiger partial charge in [0, 0.05) is 30.0 Å². The van der Waals surface area contributed by atoms with Gasteiger partial charge in [-0.15, -0.1) is 0 Å². The smallest absolute Gasteiger partial charge is 0.267 e. The highest BCUT2D eigenvalue weighted by Crippen LogP contribution is 2.18. The Kier molecular flexibility index (Phi) is 4.16. The molecule has 1 aromatic heterocycles. The zero-order valence-corrected chi connectivity index (χ0v) is 14.1. The van der Waals surface area contributed by atoms with E-state index in [9.17, 15) is 13.2 Å². The number of fused-ring (bicyclic) bond motifs is 1. The summed E-state index contributed by atoms with van der Waals surface area (Å²) < 4.78 is 24.5. The third-order valence-electron chi connectivity index (χ3n) is 4.28. The molecule has 124 valence electrons. The van der Waals surface area contributed by atoms with Crippen molar-refractivity contribution in [2.24, 2.45) is 0 Å². The second-order valence-corrected chi connectivity index (χ2v) is 8.17. The third-order valence-corrected chi connectivity index (χ3v) is 5.58. The molecule has 1 aromatic carbocycles. The number of nitrogens with zero attached hydrogens (tertiary/aromatic N) is 1. The van der Waals surface area contributed by atoms with Gasteiger partial charge in [-0.25, -0.2) is 12.7 Å². The van der Waals surface area contributed by atoms with Gasteiger partial charge in [0.2, 0.25) is 10.0 Å². The maximum atomic E-state index is 12.4. The van der Waals surface area contributed by atoms with Gasteiger partial charge in [-0.05, 0) is 37.5 Å². The number of carbonyl (C=O) groups excluding carboxylic acids is 1. The van der Waals surface area contributed by atoms with Gasteiger partial charge < -0.3 is 10.3 Å². The molecule has 1 saturated heterocycles. The maximum absolute atomic E-state index is 12.4. The van der Waals surface area contributed by atoms with Gasteiger partial charge in [-0.1, -0.05) is 12.1 Å². The van der Waals surface area contributed by atoms with Crippen LogP contribution in [0.25, 0.3) is 10.9 Å². The normalized spacial score (nSPS) is 17.5. The Hall–Kier alpha value is -1.86. The van der Waals surface area contributed by atoms with Crippen LogP contribution in [-0.2, 0) is 10.0 Å². The first-order valence-electron chi connectivity index (χ1n) is 7.68. The van der Waals surface area contributed by atoms with E-state index in [-0.39, 0.29) is 11.9 Å². The molecule has 0 unspecified atom stereocenters. The quantitative estimate of drug-likeness (QED) is 0.894. The summed E-state index contributed by atoms with van der Waals surface area (Å²) in [5, 5.41) is 4.00. The number of amides is 1. The first-order valence-corrected chi connectivity index (χ1v) is 9.53. The Balaban J connectivity index is 1.65. The predicted octanol–water partition coefficient (Wildman–Crippen LogP) is 1.63. The molecule has 2 heterocycles. The van der Waals surface area contributed by atoms with Crippen LogP contribution in [0.4, 0.5) is 0 Å². The molecular formula is C16H21N3O3S. The first kappa shape index (κ1) is 16.0. The molecule has 3 rings (SSSR count). The van der Waals surface area contributed by atoms with Crippen molar-refractivity contribution in [2.75, 3.05) is 19.3 Å². The minimum Gasteiger partial charge on any atom is -0.351 e. The van der Waals surface area contributed by atoms with Crippen molar-refractivity contribution in [1.29, 1.82) is 0 Å². The molecule has 0 aliphatic carbocycles. The maximum Gasteiger partial charge on any atom is 0.267 e. The number of piperidine rings is 1. The molecule has 2 N–H and O–H groups in total. The van der Waals surface area contributed by atoms with Gasteiger partial charge in [0.25, 0.3) is 5.91 Å². The van der Waals surface area contributed by atoms with Crippen molar-refractivity contribution < 1.29 is 13.2 Å². The van der Waals surface area contributed by atoms with E-state index in [1.54, 1.807) is 0 Å². The molecule has 1 fully saturated rings. The molecule has 2 aromatic rings. The predicted molar refractivity (Wildman–Crippen MR) is 89.9 cm³/mol. The van der Waals surface area contributed by atoms with Crippen molar-refractivity contribution in [1.82, 2.24) is 14.6 Å². The number of hydrogen-bond donors (Lipinski definition) is 2. The average Bonchev–Trinajstić information content (AvgIpc) is 2.90. The number of carbonyl (C=O) groups is 1. The van der Waals surface area contributed by atoms with Crippen molar-refractivity contribution in [3.05, 3.63) is 35.5 Å². The molecule has 0 atom stereocenters. The van der Waals surface area contributed by atoms with Gasteiger partial charge in [-0.3, -0.25) is 4.79 Å². The molecular weight excluding hydrogens is 314 g/mol. The lowest BCUT2D eigenvalue weighted by atomic mass is 10.1. The highest BCUT2D eigenvalue weighted by Gasteiger charge is 2.26. The summed E-state index contributed by atoms with van der Waals surface area (Å²) in [5.74, 6) is -0.142. The molecule has 23 heavy (non-hydrogen) atoms. The van der Waals surface area contributed by atoms with E-state index in [1.165, 1.54) is 10.6 Å². The summed E-state index contributed by atoms with van der Waals surface area (Å²) in [7, 11) is -3.14. The SMILES string of the molecule is Cc1ccc2cc(C(=O)NC3CCN(S(C)(=O)=O)CC3)[nH]c2c1. The molecule has 1 amide bonds. The molecule has 0 radical (unpaired) electrons. The van der Waals surface area contributed by atoms with Crippen LogP contribution >= 0.6 is 0 Å². The number of aromatic amines is 1. The van der Waals surface area contributed by atoms with Crippen LogP contribution in [0.15, 0.2) is 24.3 Å². The number of rotatable bonds is 3. The van der Waals surface area contributed by atoms with Crippen LogP contribution in [0.3, 0.4) is 0 Å². The Morgan fingerprint density at radius 1 is 1.26 bits per heavy atom. The topological polar surface area (TPSA) is 82.3 Å². The summed E-state index contributed by atoms with van der Waals surface area (Å²) in [6, 6.07) is 7.86. The van der Waals surface area contributed by atoms with Gasteiger partial charge in [-0.2, -0.15) is 0 Å². The Labute approximate surface area is 135 Å². The lowest BCUT2D eigenvalue weighted by Crippen LogP contribution is -2.46. The van der Waals surface area contributed by atoms with Crippen LogP contribution in [0, 0.1) is 6.92 Å². The molecule has 6 nitrogen and oxygen atoms in total. The van der Waals surface area contributed by atoms with Gasteiger partial charge >= 0.3 is 0 Å². The summed E-state index contributed by atoms with van der Waals surface area (Å²) >= 11 is 0. The first-order chi connectivity index (χ1) is 10.8. The second-order valence-electron chi connectivity index (χ2n) is 6.18. The van der Waals surface area contributed by atoms with E-state index in [2.05, 4.69) is 10.3 Å². The van der Waals surface area contributed by atoms with Gasteiger partial charge in [0.1, 0.15) is 5.69 Å². The minimum absolute atomic E-state index is 0.00801. The van der Waals surface area contributed by atoms with Gasteiger partial charge in [0.05, 0.1) is 6.26 Å². The van der Waals surface area contributed by atoms with E-state index in [0.717, 1.165) is 16.5 Å². The van der Waals surface area contributed by atoms with Crippen molar-refractivity contribution in [2.45, 2.75) is 25.8 Å². The number of H-pyrrole nitrogens is 1. The van der Waals surface area contributed by atoms with Crippen LogP contribution in [0.2, 0.25) is 0 Å². The fraction of sp³-hybridized carbons (Fsp3) is 0.438. The number of benzene rings is 1. The van der Waals surface area contributed by atoms with E-state index < -0.39 is 10.0 Å². The van der Waals surface area contributed by atoms with Gasteiger partial charge in [0.15, 0.2) is 0 Å². The minimum atomic E-state index is -3.14. The number of aromatic nitrogens is 1. The van der Waals surface area contributed by atoms with Crippen LogP contribution in [0.1, 0.15) is 28.9 Å². The van der Waals surface area contributed by atoms with E-state index in [0.29, 0.717) is 31.6 Å². The average molecular weight is 335 g/mol. The third kappa shape index (κ3) is 3.56. The van der Waals surface area contributed by atoms with Crippen molar-refractivity contribution in [3.63, 3.8) is 0 Å². The standard InChI is InChI=1S/C16H21N3O3S/c1-11-3-4-12-10-15(18-14(12)9-11)16(20)17-13-5-7-19(8-6-13)23(2,21)22/h3-4,9-10,13,18H,5-8H2,1-2H3,(H,17,20). The van der Waals surface area contributed by atoms with Crippen LogP contribution in [0.5, 0.6) is 0 Å². The lowest BCUT2D eigenvalue weighted by molar-refractivity contribution is 0.0919. The lowest BCUT2D eigenvalue weighted by Gasteiger charge is -2.30.